The summed E-state index contributed by atoms with van der Waals surface area (Å²) < 4.78 is 0.0225. The van der Waals surface area contributed by atoms with Gasteiger partial charge in [0, 0.05) is 6.04 Å². The number of nitrogens with zero attached hydrogens (tertiary/aromatic N) is 2. The fourth-order valence-corrected chi connectivity index (χ4v) is 4.49. The molecule has 1 aliphatic heterocycles. The van der Waals surface area contributed by atoms with Crippen LogP contribution in [0.25, 0.3) is 0 Å². The third-order valence-electron chi connectivity index (χ3n) is 3.82. The highest BCUT2D eigenvalue weighted by atomic mass is 32.2. The van der Waals surface area contributed by atoms with E-state index in [0.29, 0.717) is 9.38 Å². The van der Waals surface area contributed by atoms with Crippen LogP contribution in [-0.4, -0.2) is 42.6 Å². The molecule has 6 nitrogen and oxygen atoms in total. The van der Waals surface area contributed by atoms with Crippen LogP contribution in [0.1, 0.15) is 46.0 Å². The van der Waals surface area contributed by atoms with Gasteiger partial charge in [-0.25, -0.2) is 10.6 Å². The van der Waals surface area contributed by atoms with Gasteiger partial charge < -0.3 is 5.32 Å². The third kappa shape index (κ3) is 3.19. The standard InChI is InChI=1S/C12H22N4O2S2/c1-12(2)9(15(13)11(19)20-12)16(18)10(17)14-8-6-4-3-5-7-8/h8-9,18H,3-7,13H2,1-2H3,(H,14,17). The second kappa shape index (κ2) is 6.05. The van der Waals surface area contributed by atoms with Crippen LogP contribution in [0.3, 0.4) is 0 Å². The van der Waals surface area contributed by atoms with Crippen LogP contribution in [0.2, 0.25) is 0 Å². The molecular formula is C12H22N4O2S2. The summed E-state index contributed by atoms with van der Waals surface area (Å²) in [7, 11) is 0. The Morgan fingerprint density at radius 2 is 2.10 bits per heavy atom. The summed E-state index contributed by atoms with van der Waals surface area (Å²) in [5.41, 5.74) is 0. The van der Waals surface area contributed by atoms with Gasteiger partial charge in [0.1, 0.15) is 0 Å². The number of hydrogen-bond acceptors (Lipinski definition) is 5. The quantitative estimate of drug-likeness (QED) is 0.313. The van der Waals surface area contributed by atoms with Crippen molar-refractivity contribution in [3.05, 3.63) is 0 Å². The molecule has 0 aromatic carbocycles. The lowest BCUT2D eigenvalue weighted by molar-refractivity contribution is -0.119. The minimum absolute atomic E-state index is 0.140. The van der Waals surface area contributed by atoms with Crippen LogP contribution in [0, 0.1) is 0 Å². The Morgan fingerprint density at radius 1 is 1.50 bits per heavy atom. The van der Waals surface area contributed by atoms with Gasteiger partial charge in [-0.3, -0.25) is 10.2 Å². The lowest BCUT2D eigenvalue weighted by Gasteiger charge is -2.35. The first-order valence-electron chi connectivity index (χ1n) is 6.88. The number of amides is 2. The molecule has 0 aromatic heterocycles. The highest BCUT2D eigenvalue weighted by molar-refractivity contribution is 8.24. The van der Waals surface area contributed by atoms with Crippen molar-refractivity contribution in [1.82, 2.24) is 15.4 Å². The summed E-state index contributed by atoms with van der Waals surface area (Å²) in [6.45, 7) is 3.80. The van der Waals surface area contributed by atoms with Crippen LogP contribution >= 0.6 is 24.0 Å². The second-order valence-corrected chi connectivity index (χ2v) is 8.17. The van der Waals surface area contributed by atoms with Crippen molar-refractivity contribution < 1.29 is 10.0 Å². The summed E-state index contributed by atoms with van der Waals surface area (Å²) in [5.74, 6) is 5.86. The van der Waals surface area contributed by atoms with Crippen LogP contribution in [-0.2, 0) is 0 Å². The zero-order valence-electron chi connectivity index (χ0n) is 11.8. The molecule has 1 heterocycles. The van der Waals surface area contributed by atoms with Gasteiger partial charge >= 0.3 is 6.03 Å². The lowest BCUT2D eigenvalue weighted by atomic mass is 9.96. The number of carbonyl (C=O) groups is 1. The molecule has 1 saturated heterocycles. The molecule has 2 fully saturated rings. The van der Waals surface area contributed by atoms with Gasteiger partial charge in [0.25, 0.3) is 0 Å². The van der Waals surface area contributed by atoms with Gasteiger partial charge in [0.15, 0.2) is 10.5 Å². The molecular weight excluding hydrogens is 296 g/mol. The summed E-state index contributed by atoms with van der Waals surface area (Å²) >= 11 is 6.51. The largest absolute Gasteiger partial charge is 0.343 e. The molecule has 1 atom stereocenters. The topological polar surface area (TPSA) is 81.8 Å². The van der Waals surface area contributed by atoms with Gasteiger partial charge in [0.2, 0.25) is 0 Å². The minimum Gasteiger partial charge on any atom is -0.333 e. The molecule has 8 heteroatoms. The molecule has 2 aliphatic rings. The van der Waals surface area contributed by atoms with Gasteiger partial charge in [-0.1, -0.05) is 43.2 Å². The molecule has 20 heavy (non-hydrogen) atoms. The molecule has 1 unspecified atom stereocenters. The SMILES string of the molecule is CC1(C)SC(=S)N(N)C1N(O)C(=O)NC1CCCCC1. The number of hydroxylamine groups is 2. The van der Waals surface area contributed by atoms with Crippen LogP contribution in [0.5, 0.6) is 0 Å². The molecule has 2 rings (SSSR count). The van der Waals surface area contributed by atoms with Crippen molar-refractivity contribution in [3.63, 3.8) is 0 Å². The predicted molar refractivity (Wildman–Crippen MR) is 83.1 cm³/mol. The van der Waals surface area contributed by atoms with E-state index in [2.05, 4.69) is 5.32 Å². The van der Waals surface area contributed by atoms with E-state index in [1.165, 1.54) is 23.2 Å². The molecule has 4 N–H and O–H groups in total. The fourth-order valence-electron chi connectivity index (χ4n) is 2.78. The van der Waals surface area contributed by atoms with Crippen molar-refractivity contribution in [1.29, 1.82) is 0 Å². The highest BCUT2D eigenvalue weighted by Crippen LogP contribution is 2.40. The Morgan fingerprint density at radius 3 is 2.60 bits per heavy atom. The summed E-state index contributed by atoms with van der Waals surface area (Å²) in [5, 5.41) is 15.0. The highest BCUT2D eigenvalue weighted by Gasteiger charge is 2.48. The van der Waals surface area contributed by atoms with Gasteiger partial charge in [-0.15, -0.1) is 0 Å². The van der Waals surface area contributed by atoms with Crippen LogP contribution < -0.4 is 11.2 Å². The number of rotatable bonds is 2. The van der Waals surface area contributed by atoms with E-state index >= 15 is 0 Å². The first-order chi connectivity index (χ1) is 9.33. The number of urea groups is 1. The third-order valence-corrected chi connectivity index (χ3v) is 5.40. The molecule has 0 spiro atoms. The Kier molecular flexibility index (Phi) is 4.78. The van der Waals surface area contributed by atoms with E-state index in [4.69, 9.17) is 18.1 Å². The summed E-state index contributed by atoms with van der Waals surface area (Å²) in [6, 6.07) is -0.364. The smallest absolute Gasteiger partial charge is 0.333 e. The number of thioether (sulfide) groups is 1. The minimum atomic E-state index is -0.663. The van der Waals surface area contributed by atoms with E-state index in [0.717, 1.165) is 25.7 Å². The zero-order valence-corrected chi connectivity index (χ0v) is 13.5. The molecule has 1 aliphatic carbocycles. The van der Waals surface area contributed by atoms with Crippen molar-refractivity contribution in [2.75, 3.05) is 0 Å². The van der Waals surface area contributed by atoms with Crippen molar-refractivity contribution in [3.8, 4) is 0 Å². The molecule has 0 radical (unpaired) electrons. The number of thiocarbonyl (C=S) groups is 1. The van der Waals surface area contributed by atoms with E-state index in [-0.39, 0.29) is 6.04 Å². The Hall–Kier alpha value is -0.570. The number of carbonyl (C=O) groups excluding carboxylic acids is 1. The molecule has 2 amide bonds. The second-order valence-electron chi connectivity index (χ2n) is 5.88. The monoisotopic (exact) mass is 318 g/mol. The maximum Gasteiger partial charge on any atom is 0.343 e. The molecule has 0 aromatic rings. The number of nitrogens with two attached hydrogens (primary N) is 1. The first kappa shape index (κ1) is 15.8. The predicted octanol–water partition coefficient (Wildman–Crippen LogP) is 2.03. The van der Waals surface area contributed by atoms with E-state index in [1.807, 2.05) is 13.8 Å². The van der Waals surface area contributed by atoms with E-state index in [9.17, 15) is 10.0 Å². The average Bonchev–Trinajstić information content (AvgIpc) is 2.58. The maximum atomic E-state index is 12.2. The molecule has 0 bridgehead atoms. The van der Waals surface area contributed by atoms with Gasteiger partial charge in [0.05, 0.1) is 4.75 Å². The Labute approximate surface area is 129 Å². The zero-order chi connectivity index (χ0) is 14.9. The fraction of sp³-hybridized carbons (Fsp3) is 0.833. The van der Waals surface area contributed by atoms with Crippen molar-refractivity contribution >= 4 is 34.3 Å². The van der Waals surface area contributed by atoms with Gasteiger partial charge in [-0.05, 0) is 26.7 Å². The maximum absolute atomic E-state index is 12.2. The average molecular weight is 318 g/mol. The Bertz CT molecular complexity index is 399. The summed E-state index contributed by atoms with van der Waals surface area (Å²) in [4.78, 5) is 12.2. The number of nitrogens with one attached hydrogen (secondary N) is 1. The molecule has 114 valence electrons. The van der Waals surface area contributed by atoms with Crippen molar-refractivity contribution in [2.45, 2.75) is 62.9 Å². The Balaban J connectivity index is 2.00. The lowest BCUT2D eigenvalue weighted by Crippen LogP contribution is -2.59. The van der Waals surface area contributed by atoms with E-state index in [1.54, 1.807) is 0 Å². The number of hydrazine groups is 1. The number of hydrogen-bond donors (Lipinski definition) is 3. The van der Waals surface area contributed by atoms with E-state index < -0.39 is 16.9 Å². The van der Waals surface area contributed by atoms with Gasteiger partial charge in [-0.2, -0.15) is 5.06 Å². The normalized spacial score (nSPS) is 26.7. The summed E-state index contributed by atoms with van der Waals surface area (Å²) in [6.07, 6.45) is 4.72. The van der Waals surface area contributed by atoms with Crippen molar-refractivity contribution in [2.24, 2.45) is 5.84 Å². The molecule has 1 saturated carbocycles. The van der Waals surface area contributed by atoms with Crippen LogP contribution in [0.15, 0.2) is 0 Å². The van der Waals surface area contributed by atoms with Crippen LogP contribution in [0.4, 0.5) is 4.79 Å². The first-order valence-corrected chi connectivity index (χ1v) is 8.11.